The lowest BCUT2D eigenvalue weighted by Gasteiger charge is -2.45. The first-order valence-corrected chi connectivity index (χ1v) is 14.6. The number of fused-ring (bicyclic) bond motifs is 1. The molecule has 208 valence electrons. The van der Waals surface area contributed by atoms with Crippen molar-refractivity contribution in [2.24, 2.45) is 23.2 Å². The molecule has 3 rings (SSSR count). The van der Waals surface area contributed by atoms with Crippen LogP contribution in [0, 0.1) is 23.2 Å². The van der Waals surface area contributed by atoms with Crippen LogP contribution >= 0.6 is 0 Å². The van der Waals surface area contributed by atoms with Crippen LogP contribution in [0.15, 0.2) is 23.3 Å². The minimum atomic E-state index is -1.09. The minimum absolute atomic E-state index is 0.229. The molecular formula is C31H54O5. The van der Waals surface area contributed by atoms with Crippen LogP contribution in [-0.4, -0.2) is 55.0 Å². The topological polar surface area (TPSA) is 101 Å². The van der Waals surface area contributed by atoms with Crippen LogP contribution in [0.1, 0.15) is 118 Å². The molecule has 3 fully saturated rings. The second-order valence-corrected chi connectivity index (χ2v) is 13.8. The second-order valence-electron chi connectivity index (χ2n) is 13.8. The number of aliphatic hydroxyl groups is 5. The van der Waals surface area contributed by atoms with Gasteiger partial charge in [-0.3, -0.25) is 0 Å². The zero-order valence-corrected chi connectivity index (χ0v) is 23.5. The third-order valence-corrected chi connectivity index (χ3v) is 9.67. The van der Waals surface area contributed by atoms with E-state index in [4.69, 9.17) is 0 Å². The number of aliphatic hydroxyl groups excluding tert-OH is 3. The Kier molecular flexibility index (Phi) is 9.93. The highest BCUT2D eigenvalue weighted by Crippen LogP contribution is 2.60. The summed E-state index contributed by atoms with van der Waals surface area (Å²) in [5, 5.41) is 51.3. The van der Waals surface area contributed by atoms with Crippen molar-refractivity contribution < 1.29 is 25.5 Å². The first-order valence-electron chi connectivity index (χ1n) is 14.6. The fourth-order valence-electron chi connectivity index (χ4n) is 7.65. The van der Waals surface area contributed by atoms with Crippen molar-refractivity contribution in [2.75, 3.05) is 0 Å². The molecule has 7 atom stereocenters. The molecule has 0 spiro atoms. The quantitative estimate of drug-likeness (QED) is 0.272. The van der Waals surface area contributed by atoms with Gasteiger partial charge in [-0.25, -0.2) is 0 Å². The highest BCUT2D eigenvalue weighted by Gasteiger charge is 2.51. The Labute approximate surface area is 219 Å². The Morgan fingerprint density at radius 3 is 2.25 bits per heavy atom. The third-order valence-electron chi connectivity index (χ3n) is 9.67. The first-order chi connectivity index (χ1) is 16.7. The molecule has 0 aromatic heterocycles. The Bertz CT molecular complexity index is 761. The highest BCUT2D eigenvalue weighted by atomic mass is 16.3. The Morgan fingerprint density at radius 2 is 1.64 bits per heavy atom. The van der Waals surface area contributed by atoms with Gasteiger partial charge in [0.05, 0.1) is 29.5 Å². The van der Waals surface area contributed by atoms with E-state index >= 15 is 0 Å². The van der Waals surface area contributed by atoms with E-state index in [0.717, 1.165) is 37.7 Å². The van der Waals surface area contributed by atoms with Crippen molar-refractivity contribution >= 4 is 0 Å². The Morgan fingerprint density at radius 1 is 0.972 bits per heavy atom. The van der Waals surface area contributed by atoms with Gasteiger partial charge in [-0.05, 0) is 121 Å². The summed E-state index contributed by atoms with van der Waals surface area (Å²) >= 11 is 0. The summed E-state index contributed by atoms with van der Waals surface area (Å²) in [6, 6.07) is 0. The molecule has 0 aromatic carbocycles. The van der Waals surface area contributed by atoms with E-state index in [1.54, 1.807) is 13.8 Å². The summed E-state index contributed by atoms with van der Waals surface area (Å²) in [7, 11) is 0. The van der Waals surface area contributed by atoms with Crippen molar-refractivity contribution in [3.05, 3.63) is 23.3 Å². The monoisotopic (exact) mass is 506 g/mol. The lowest BCUT2D eigenvalue weighted by atomic mass is 9.60. The molecule has 0 saturated heterocycles. The van der Waals surface area contributed by atoms with Crippen molar-refractivity contribution in [1.82, 2.24) is 0 Å². The SMILES string of the molecule is CC(C)(O)CCC[C@@H](CCC(O)C(C)(C)O)C1CCC2C(=CC=C3CC(O)C[C@H](O)C3)CCC[C@@]21C. The molecule has 3 aliphatic carbocycles. The minimum Gasteiger partial charge on any atom is -0.393 e. The maximum Gasteiger partial charge on any atom is 0.0849 e. The number of allylic oxidation sites excluding steroid dienone is 3. The third kappa shape index (κ3) is 7.89. The number of hydrogen-bond donors (Lipinski definition) is 5. The fraction of sp³-hybridized carbons (Fsp3) is 0.871. The molecule has 0 bridgehead atoms. The second kappa shape index (κ2) is 12.0. The Balaban J connectivity index is 1.76. The number of hydrogen-bond acceptors (Lipinski definition) is 5. The standard InChI is InChI=1S/C31H54O5/c1-29(2,35)16-6-8-23(12-15-28(34)30(3,4)36)27-14-13-26-22(9-7-17-31(26,27)5)11-10-21-18-24(32)20-25(33)19-21/h10-11,23-28,32-36H,6-9,12-20H2,1-5H3/t23-,24+,25?,26?,27?,28?,31-/m0/s1. The highest BCUT2D eigenvalue weighted by molar-refractivity contribution is 5.26. The van der Waals surface area contributed by atoms with E-state index < -0.39 is 29.5 Å². The van der Waals surface area contributed by atoms with E-state index in [-0.39, 0.29) is 5.41 Å². The molecule has 5 heteroatoms. The van der Waals surface area contributed by atoms with Gasteiger partial charge >= 0.3 is 0 Å². The maximum atomic E-state index is 10.6. The van der Waals surface area contributed by atoms with Crippen LogP contribution in [0.25, 0.3) is 0 Å². The van der Waals surface area contributed by atoms with Gasteiger partial charge < -0.3 is 25.5 Å². The van der Waals surface area contributed by atoms with Gasteiger partial charge in [0, 0.05) is 0 Å². The van der Waals surface area contributed by atoms with Crippen LogP contribution in [-0.2, 0) is 0 Å². The molecule has 5 nitrogen and oxygen atoms in total. The molecule has 36 heavy (non-hydrogen) atoms. The summed E-state index contributed by atoms with van der Waals surface area (Å²) in [5.41, 5.74) is 1.16. The first kappa shape index (κ1) is 29.8. The van der Waals surface area contributed by atoms with Crippen molar-refractivity contribution in [1.29, 1.82) is 0 Å². The molecule has 0 amide bonds. The van der Waals surface area contributed by atoms with Crippen LogP contribution in [0.5, 0.6) is 0 Å². The average molecular weight is 507 g/mol. The molecule has 0 aliphatic heterocycles. The fourth-order valence-corrected chi connectivity index (χ4v) is 7.65. The van der Waals surface area contributed by atoms with Gasteiger partial charge in [-0.2, -0.15) is 0 Å². The zero-order valence-electron chi connectivity index (χ0n) is 23.5. The molecular weight excluding hydrogens is 452 g/mol. The van der Waals surface area contributed by atoms with Gasteiger partial charge in [0.1, 0.15) is 0 Å². The molecule has 3 aliphatic rings. The lowest BCUT2D eigenvalue weighted by Crippen LogP contribution is -2.39. The van der Waals surface area contributed by atoms with Gasteiger partial charge in [-0.15, -0.1) is 0 Å². The van der Waals surface area contributed by atoms with Crippen molar-refractivity contribution in [3.63, 3.8) is 0 Å². The predicted molar refractivity (Wildman–Crippen MR) is 145 cm³/mol. The Hall–Kier alpha value is -0.720. The maximum absolute atomic E-state index is 10.6. The van der Waals surface area contributed by atoms with Crippen LogP contribution < -0.4 is 0 Å². The van der Waals surface area contributed by atoms with Gasteiger partial charge in [0.2, 0.25) is 0 Å². The van der Waals surface area contributed by atoms with Crippen LogP contribution in [0.4, 0.5) is 0 Å². The summed E-state index contributed by atoms with van der Waals surface area (Å²) in [6.07, 6.45) is 14.9. The molecule has 0 radical (unpaired) electrons. The van der Waals surface area contributed by atoms with Gasteiger partial charge in [0.15, 0.2) is 0 Å². The van der Waals surface area contributed by atoms with E-state index in [1.807, 2.05) is 13.8 Å². The molecule has 0 heterocycles. The molecule has 4 unspecified atom stereocenters. The summed E-state index contributed by atoms with van der Waals surface area (Å²) in [4.78, 5) is 0. The van der Waals surface area contributed by atoms with Gasteiger partial charge in [-0.1, -0.05) is 43.1 Å². The lowest BCUT2D eigenvalue weighted by molar-refractivity contribution is -0.0563. The average Bonchev–Trinajstić information content (AvgIpc) is 3.09. The molecule has 3 saturated carbocycles. The summed E-state index contributed by atoms with van der Waals surface area (Å²) in [6.45, 7) is 9.61. The summed E-state index contributed by atoms with van der Waals surface area (Å²) in [5.74, 6) is 1.61. The van der Waals surface area contributed by atoms with Crippen LogP contribution in [0.2, 0.25) is 0 Å². The predicted octanol–water partition coefficient (Wildman–Crippen LogP) is 5.43. The smallest absolute Gasteiger partial charge is 0.0849 e. The van der Waals surface area contributed by atoms with Crippen LogP contribution in [0.3, 0.4) is 0 Å². The molecule has 5 N–H and O–H groups in total. The number of rotatable bonds is 10. The zero-order chi connectivity index (χ0) is 26.7. The van der Waals surface area contributed by atoms with Crippen molar-refractivity contribution in [3.8, 4) is 0 Å². The molecule has 0 aromatic rings. The van der Waals surface area contributed by atoms with Crippen molar-refractivity contribution in [2.45, 2.75) is 148 Å². The largest absolute Gasteiger partial charge is 0.393 e. The van der Waals surface area contributed by atoms with Gasteiger partial charge in [0.25, 0.3) is 0 Å². The van der Waals surface area contributed by atoms with E-state index in [1.165, 1.54) is 31.3 Å². The normalized spacial score (nSPS) is 35.7. The van der Waals surface area contributed by atoms with E-state index in [0.29, 0.717) is 43.4 Å². The summed E-state index contributed by atoms with van der Waals surface area (Å²) < 4.78 is 0. The van der Waals surface area contributed by atoms with E-state index in [9.17, 15) is 25.5 Å². The van der Waals surface area contributed by atoms with E-state index in [2.05, 4.69) is 19.1 Å².